The molecule has 0 spiro atoms. The molecule has 2 aromatic heterocycles. The van der Waals surface area contributed by atoms with Gasteiger partial charge in [0.2, 0.25) is 0 Å². The molecule has 4 nitrogen and oxygen atoms in total. The lowest BCUT2D eigenvalue weighted by atomic mass is 10.0. The summed E-state index contributed by atoms with van der Waals surface area (Å²) in [6.45, 7) is 1.64. The molecule has 0 aromatic carbocycles. The van der Waals surface area contributed by atoms with Gasteiger partial charge in [-0.1, -0.05) is 0 Å². The molecular formula is C12H11F3N4. The van der Waals surface area contributed by atoms with Gasteiger partial charge in [-0.25, -0.2) is 9.97 Å². The molecule has 0 saturated heterocycles. The number of halogens is 3. The molecule has 0 aliphatic rings. The minimum atomic E-state index is -4.47. The van der Waals surface area contributed by atoms with E-state index in [4.69, 9.17) is 5.73 Å². The molecule has 2 aromatic rings. The minimum Gasteiger partial charge on any atom is -0.319 e. The molecule has 0 amide bonds. The Morgan fingerprint density at radius 3 is 2.58 bits per heavy atom. The second-order valence-electron chi connectivity index (χ2n) is 3.97. The summed E-state index contributed by atoms with van der Waals surface area (Å²) >= 11 is 0. The predicted octanol–water partition coefficient (Wildman–Crippen LogP) is 2.25. The van der Waals surface area contributed by atoms with Gasteiger partial charge in [-0.3, -0.25) is 4.98 Å². The summed E-state index contributed by atoms with van der Waals surface area (Å²) in [6.07, 6.45) is -0.811. The largest absolute Gasteiger partial charge is 0.416 e. The molecule has 0 fully saturated rings. The maximum absolute atomic E-state index is 12.9. The van der Waals surface area contributed by atoms with E-state index in [0.717, 1.165) is 18.5 Å². The van der Waals surface area contributed by atoms with Gasteiger partial charge in [-0.2, -0.15) is 13.2 Å². The molecule has 1 atom stereocenters. The Bertz CT molecular complexity index is 583. The van der Waals surface area contributed by atoms with Crippen molar-refractivity contribution in [2.75, 3.05) is 0 Å². The number of hydrogen-bond acceptors (Lipinski definition) is 4. The molecule has 2 N–H and O–H groups in total. The maximum Gasteiger partial charge on any atom is 0.416 e. The summed E-state index contributed by atoms with van der Waals surface area (Å²) in [5.74, 6) is 0.449. The molecule has 100 valence electrons. The van der Waals surface area contributed by atoms with Crippen molar-refractivity contribution < 1.29 is 13.2 Å². The fraction of sp³-hybridized carbons (Fsp3) is 0.250. The zero-order valence-electron chi connectivity index (χ0n) is 10.0. The summed E-state index contributed by atoms with van der Waals surface area (Å²) in [6, 6.07) is 1.40. The SMILES string of the molecule is Cc1nccc(C(N)c2cnccc2C(F)(F)F)n1. The summed E-state index contributed by atoms with van der Waals surface area (Å²) in [4.78, 5) is 11.6. The summed E-state index contributed by atoms with van der Waals surface area (Å²) in [5, 5.41) is 0. The second-order valence-corrected chi connectivity index (χ2v) is 3.97. The Morgan fingerprint density at radius 1 is 1.21 bits per heavy atom. The monoisotopic (exact) mass is 268 g/mol. The zero-order chi connectivity index (χ0) is 14.0. The van der Waals surface area contributed by atoms with Crippen molar-refractivity contribution in [3.8, 4) is 0 Å². The van der Waals surface area contributed by atoms with Crippen LogP contribution in [0.5, 0.6) is 0 Å². The van der Waals surface area contributed by atoms with Crippen LogP contribution in [0.1, 0.15) is 28.7 Å². The van der Waals surface area contributed by atoms with Crippen LogP contribution in [-0.4, -0.2) is 15.0 Å². The van der Waals surface area contributed by atoms with E-state index in [1.165, 1.54) is 12.3 Å². The Labute approximate surface area is 107 Å². The average molecular weight is 268 g/mol. The highest BCUT2D eigenvalue weighted by molar-refractivity contribution is 5.34. The normalized spacial score (nSPS) is 13.3. The first-order chi connectivity index (χ1) is 8.89. The van der Waals surface area contributed by atoms with Crippen molar-refractivity contribution in [1.82, 2.24) is 15.0 Å². The Morgan fingerprint density at radius 2 is 1.95 bits per heavy atom. The van der Waals surface area contributed by atoms with Crippen LogP contribution in [0.4, 0.5) is 13.2 Å². The van der Waals surface area contributed by atoms with Crippen LogP contribution in [0, 0.1) is 6.92 Å². The van der Waals surface area contributed by atoms with Crippen molar-refractivity contribution in [3.05, 3.63) is 53.4 Å². The topological polar surface area (TPSA) is 64.7 Å². The van der Waals surface area contributed by atoms with Gasteiger partial charge < -0.3 is 5.73 Å². The van der Waals surface area contributed by atoms with E-state index >= 15 is 0 Å². The van der Waals surface area contributed by atoms with Crippen LogP contribution < -0.4 is 5.73 Å². The second kappa shape index (κ2) is 4.93. The lowest BCUT2D eigenvalue weighted by Gasteiger charge is -2.17. The first kappa shape index (κ1) is 13.4. The molecule has 7 heteroatoms. The van der Waals surface area contributed by atoms with Gasteiger partial charge in [0.15, 0.2) is 0 Å². The van der Waals surface area contributed by atoms with E-state index in [1.54, 1.807) is 6.92 Å². The third kappa shape index (κ3) is 2.87. The average Bonchev–Trinajstić information content (AvgIpc) is 2.37. The molecule has 0 aliphatic carbocycles. The third-order valence-corrected chi connectivity index (χ3v) is 2.61. The molecule has 0 bridgehead atoms. The maximum atomic E-state index is 12.9. The molecular weight excluding hydrogens is 257 g/mol. The zero-order valence-corrected chi connectivity index (χ0v) is 10.0. The number of alkyl halides is 3. The predicted molar refractivity (Wildman–Crippen MR) is 62.0 cm³/mol. The van der Waals surface area contributed by atoms with E-state index in [2.05, 4.69) is 15.0 Å². The van der Waals surface area contributed by atoms with Crippen LogP contribution in [0.3, 0.4) is 0 Å². The standard InChI is InChI=1S/C12H11F3N4/c1-7-18-5-3-10(19-7)11(16)8-6-17-4-2-9(8)12(13,14)15/h2-6,11H,16H2,1H3. The van der Waals surface area contributed by atoms with Crippen molar-refractivity contribution in [2.24, 2.45) is 5.73 Å². The summed E-state index contributed by atoms with van der Waals surface area (Å²) < 4.78 is 38.7. The summed E-state index contributed by atoms with van der Waals surface area (Å²) in [7, 11) is 0. The van der Waals surface area contributed by atoms with Gasteiger partial charge >= 0.3 is 6.18 Å². The van der Waals surface area contributed by atoms with Crippen LogP contribution in [0.15, 0.2) is 30.7 Å². The van der Waals surface area contributed by atoms with E-state index in [0.29, 0.717) is 11.5 Å². The lowest BCUT2D eigenvalue weighted by Crippen LogP contribution is -2.20. The fourth-order valence-corrected chi connectivity index (χ4v) is 1.72. The van der Waals surface area contributed by atoms with Gasteiger partial charge in [0.25, 0.3) is 0 Å². The fourth-order valence-electron chi connectivity index (χ4n) is 1.72. The molecule has 0 saturated carbocycles. The molecule has 19 heavy (non-hydrogen) atoms. The first-order valence-electron chi connectivity index (χ1n) is 5.46. The highest BCUT2D eigenvalue weighted by Gasteiger charge is 2.35. The van der Waals surface area contributed by atoms with E-state index in [9.17, 15) is 13.2 Å². The van der Waals surface area contributed by atoms with Gasteiger partial charge in [0, 0.05) is 24.2 Å². The number of aromatic nitrogens is 3. The van der Waals surface area contributed by atoms with Gasteiger partial charge in [0.1, 0.15) is 5.82 Å². The molecule has 2 rings (SSSR count). The molecule has 1 unspecified atom stereocenters. The third-order valence-electron chi connectivity index (χ3n) is 2.61. The quantitative estimate of drug-likeness (QED) is 0.907. The van der Waals surface area contributed by atoms with E-state index in [1.807, 2.05) is 0 Å². The van der Waals surface area contributed by atoms with Gasteiger partial charge in [-0.05, 0) is 19.1 Å². The Balaban J connectivity index is 2.48. The van der Waals surface area contributed by atoms with Crippen LogP contribution in [0.25, 0.3) is 0 Å². The van der Waals surface area contributed by atoms with Crippen molar-refractivity contribution in [2.45, 2.75) is 19.1 Å². The number of aryl methyl sites for hydroxylation is 1. The van der Waals surface area contributed by atoms with E-state index < -0.39 is 17.8 Å². The van der Waals surface area contributed by atoms with Crippen LogP contribution in [-0.2, 0) is 6.18 Å². The van der Waals surface area contributed by atoms with E-state index in [-0.39, 0.29) is 5.56 Å². The smallest absolute Gasteiger partial charge is 0.319 e. The highest BCUT2D eigenvalue weighted by Crippen LogP contribution is 2.34. The van der Waals surface area contributed by atoms with Gasteiger partial charge in [-0.15, -0.1) is 0 Å². The molecule has 0 aliphatic heterocycles. The minimum absolute atomic E-state index is 0.104. The van der Waals surface area contributed by atoms with Crippen molar-refractivity contribution in [3.63, 3.8) is 0 Å². The summed E-state index contributed by atoms with van der Waals surface area (Å²) in [5.41, 5.74) is 5.27. The number of pyridine rings is 1. The Kier molecular flexibility index (Phi) is 3.48. The van der Waals surface area contributed by atoms with Crippen LogP contribution >= 0.6 is 0 Å². The first-order valence-corrected chi connectivity index (χ1v) is 5.46. The highest BCUT2D eigenvalue weighted by atomic mass is 19.4. The lowest BCUT2D eigenvalue weighted by molar-refractivity contribution is -0.138. The Hall–Kier alpha value is -2.02. The number of nitrogens with zero attached hydrogens (tertiary/aromatic N) is 3. The molecule has 0 radical (unpaired) electrons. The number of rotatable bonds is 2. The van der Waals surface area contributed by atoms with Gasteiger partial charge in [0.05, 0.1) is 17.3 Å². The number of hydrogen-bond donors (Lipinski definition) is 1. The number of nitrogens with two attached hydrogens (primary N) is 1. The van der Waals surface area contributed by atoms with Crippen molar-refractivity contribution in [1.29, 1.82) is 0 Å². The molecule has 2 heterocycles. The van der Waals surface area contributed by atoms with Crippen molar-refractivity contribution >= 4 is 0 Å². The van der Waals surface area contributed by atoms with Crippen LogP contribution in [0.2, 0.25) is 0 Å².